The molecule has 0 saturated carbocycles. The van der Waals surface area contributed by atoms with Gasteiger partial charge < -0.3 is 5.32 Å². The number of hydrogen-bond acceptors (Lipinski definition) is 5. The average Bonchev–Trinajstić information content (AvgIpc) is 2.32. The van der Waals surface area contributed by atoms with Gasteiger partial charge in [0.15, 0.2) is 5.82 Å². The van der Waals surface area contributed by atoms with Crippen molar-refractivity contribution in [3.05, 3.63) is 28.8 Å². The summed E-state index contributed by atoms with van der Waals surface area (Å²) >= 11 is 3.40. The third-order valence-corrected chi connectivity index (χ3v) is 2.67. The first-order valence-electron chi connectivity index (χ1n) is 5.27. The fourth-order valence-electron chi connectivity index (χ4n) is 1.36. The molecule has 2 aromatic heterocycles. The van der Waals surface area contributed by atoms with E-state index in [0.717, 1.165) is 22.5 Å². The van der Waals surface area contributed by atoms with Gasteiger partial charge in [0.2, 0.25) is 0 Å². The van der Waals surface area contributed by atoms with Gasteiger partial charge in [0.1, 0.15) is 17.3 Å². The van der Waals surface area contributed by atoms with Crippen LogP contribution in [0.25, 0.3) is 11.5 Å². The van der Waals surface area contributed by atoms with Gasteiger partial charge in [-0.25, -0.2) is 19.9 Å². The Hall–Kier alpha value is -1.56. The molecule has 0 unspecified atom stereocenters. The van der Waals surface area contributed by atoms with Gasteiger partial charge >= 0.3 is 0 Å². The second-order valence-corrected chi connectivity index (χ2v) is 4.26. The predicted octanol–water partition coefficient (Wildman–Crippen LogP) is 2.44. The van der Waals surface area contributed by atoms with Gasteiger partial charge in [-0.2, -0.15) is 0 Å². The van der Waals surface area contributed by atoms with E-state index in [2.05, 4.69) is 41.2 Å². The van der Waals surface area contributed by atoms with Crippen molar-refractivity contribution in [3.63, 3.8) is 0 Å². The predicted molar refractivity (Wildman–Crippen MR) is 69.7 cm³/mol. The van der Waals surface area contributed by atoms with Crippen molar-refractivity contribution >= 4 is 21.7 Å². The van der Waals surface area contributed by atoms with Gasteiger partial charge in [-0.3, -0.25) is 0 Å². The van der Waals surface area contributed by atoms with Crippen molar-refractivity contribution in [2.24, 2.45) is 0 Å². The van der Waals surface area contributed by atoms with Crippen LogP contribution in [0.1, 0.15) is 12.7 Å². The fraction of sp³-hybridized carbons (Fsp3) is 0.273. The normalized spacial score (nSPS) is 10.3. The molecule has 0 aromatic carbocycles. The maximum absolute atomic E-state index is 4.41. The Morgan fingerprint density at radius 2 is 2.12 bits per heavy atom. The van der Waals surface area contributed by atoms with Gasteiger partial charge in [-0.15, -0.1) is 0 Å². The van der Waals surface area contributed by atoms with E-state index >= 15 is 0 Å². The number of nitrogens with zero attached hydrogens (tertiary/aromatic N) is 4. The lowest BCUT2D eigenvalue weighted by atomic mass is 10.3. The molecule has 0 atom stereocenters. The van der Waals surface area contributed by atoms with Crippen LogP contribution in [0, 0.1) is 6.92 Å². The standard InChI is InChI=1S/C11H12BrN5/c1-3-13-10-8(12)6-15-11(17-10)9-4-5-14-7(2)16-9/h4-6H,3H2,1-2H3,(H,13,15,17). The van der Waals surface area contributed by atoms with Crippen molar-refractivity contribution in [1.29, 1.82) is 0 Å². The third kappa shape index (κ3) is 2.76. The van der Waals surface area contributed by atoms with Crippen LogP contribution in [-0.2, 0) is 0 Å². The highest BCUT2D eigenvalue weighted by molar-refractivity contribution is 9.10. The highest BCUT2D eigenvalue weighted by Gasteiger charge is 2.07. The average molecular weight is 294 g/mol. The molecule has 0 amide bonds. The summed E-state index contributed by atoms with van der Waals surface area (Å²) in [5.41, 5.74) is 0.726. The minimum atomic E-state index is 0.592. The van der Waals surface area contributed by atoms with Crippen LogP contribution < -0.4 is 5.32 Å². The van der Waals surface area contributed by atoms with E-state index in [1.165, 1.54) is 0 Å². The number of aryl methyl sites for hydroxylation is 1. The zero-order valence-corrected chi connectivity index (χ0v) is 11.2. The van der Waals surface area contributed by atoms with Gasteiger partial charge in [0.05, 0.1) is 4.47 Å². The molecule has 0 bridgehead atoms. The number of anilines is 1. The lowest BCUT2D eigenvalue weighted by molar-refractivity contribution is 1.03. The number of rotatable bonds is 3. The van der Waals surface area contributed by atoms with E-state index in [0.29, 0.717) is 11.6 Å². The van der Waals surface area contributed by atoms with Gasteiger partial charge in [-0.1, -0.05) is 0 Å². The van der Waals surface area contributed by atoms with E-state index in [-0.39, 0.29) is 0 Å². The van der Waals surface area contributed by atoms with E-state index < -0.39 is 0 Å². The molecule has 6 heteroatoms. The topological polar surface area (TPSA) is 63.6 Å². The first-order chi connectivity index (χ1) is 8.20. The summed E-state index contributed by atoms with van der Waals surface area (Å²) in [4.78, 5) is 17.0. The lowest BCUT2D eigenvalue weighted by Gasteiger charge is -2.06. The van der Waals surface area contributed by atoms with Crippen LogP contribution in [0.5, 0.6) is 0 Å². The quantitative estimate of drug-likeness (QED) is 0.942. The second-order valence-electron chi connectivity index (χ2n) is 3.41. The maximum atomic E-state index is 4.41. The van der Waals surface area contributed by atoms with Crippen LogP contribution in [0.2, 0.25) is 0 Å². The van der Waals surface area contributed by atoms with Crippen LogP contribution >= 0.6 is 15.9 Å². The number of halogens is 1. The molecule has 0 aliphatic carbocycles. The SMILES string of the molecule is CCNc1nc(-c2ccnc(C)n2)ncc1Br. The molecule has 0 saturated heterocycles. The minimum absolute atomic E-state index is 0.592. The summed E-state index contributed by atoms with van der Waals surface area (Å²) in [6.45, 7) is 4.66. The Labute approximate surface area is 108 Å². The minimum Gasteiger partial charge on any atom is -0.369 e. The molecule has 88 valence electrons. The Kier molecular flexibility index (Phi) is 3.63. The van der Waals surface area contributed by atoms with Crippen molar-refractivity contribution in [2.75, 3.05) is 11.9 Å². The highest BCUT2D eigenvalue weighted by Crippen LogP contribution is 2.21. The van der Waals surface area contributed by atoms with Gasteiger partial charge in [-0.05, 0) is 35.8 Å². The number of nitrogens with one attached hydrogen (secondary N) is 1. The van der Waals surface area contributed by atoms with E-state index in [1.807, 2.05) is 13.8 Å². The van der Waals surface area contributed by atoms with E-state index in [9.17, 15) is 0 Å². The summed E-state index contributed by atoms with van der Waals surface area (Å²) in [7, 11) is 0. The molecule has 2 rings (SSSR count). The summed E-state index contributed by atoms with van der Waals surface area (Å²) in [6, 6.07) is 1.80. The second kappa shape index (κ2) is 5.18. The Morgan fingerprint density at radius 3 is 2.82 bits per heavy atom. The summed E-state index contributed by atoms with van der Waals surface area (Å²) < 4.78 is 0.842. The Morgan fingerprint density at radius 1 is 1.29 bits per heavy atom. The van der Waals surface area contributed by atoms with Crippen molar-refractivity contribution in [1.82, 2.24) is 19.9 Å². The molecular formula is C11H12BrN5. The summed E-state index contributed by atoms with van der Waals surface area (Å²) in [5.74, 6) is 2.07. The number of aromatic nitrogens is 4. The van der Waals surface area contributed by atoms with Crippen LogP contribution in [0.3, 0.4) is 0 Å². The largest absolute Gasteiger partial charge is 0.369 e. The Balaban J connectivity index is 2.42. The molecule has 17 heavy (non-hydrogen) atoms. The number of hydrogen-bond donors (Lipinski definition) is 1. The molecule has 2 heterocycles. The highest BCUT2D eigenvalue weighted by atomic mass is 79.9. The zero-order valence-electron chi connectivity index (χ0n) is 9.61. The van der Waals surface area contributed by atoms with Crippen LogP contribution in [0.15, 0.2) is 22.9 Å². The molecular weight excluding hydrogens is 282 g/mol. The monoisotopic (exact) mass is 293 g/mol. The van der Waals surface area contributed by atoms with Crippen molar-refractivity contribution in [3.8, 4) is 11.5 Å². The smallest absolute Gasteiger partial charge is 0.180 e. The van der Waals surface area contributed by atoms with Gasteiger partial charge in [0, 0.05) is 18.9 Å². The zero-order chi connectivity index (χ0) is 12.3. The van der Waals surface area contributed by atoms with E-state index in [1.54, 1.807) is 18.5 Å². The lowest BCUT2D eigenvalue weighted by Crippen LogP contribution is -2.03. The molecule has 5 nitrogen and oxygen atoms in total. The van der Waals surface area contributed by atoms with Crippen molar-refractivity contribution in [2.45, 2.75) is 13.8 Å². The van der Waals surface area contributed by atoms with Crippen LogP contribution in [0.4, 0.5) is 5.82 Å². The maximum Gasteiger partial charge on any atom is 0.180 e. The van der Waals surface area contributed by atoms with Crippen molar-refractivity contribution < 1.29 is 0 Å². The molecule has 1 N–H and O–H groups in total. The van der Waals surface area contributed by atoms with Gasteiger partial charge in [0.25, 0.3) is 0 Å². The molecule has 0 radical (unpaired) electrons. The fourth-order valence-corrected chi connectivity index (χ4v) is 1.69. The summed E-state index contributed by atoms with van der Waals surface area (Å²) in [5, 5.41) is 3.16. The first kappa shape index (κ1) is 11.9. The Bertz CT molecular complexity index is 529. The third-order valence-electron chi connectivity index (χ3n) is 2.09. The molecule has 2 aromatic rings. The van der Waals surface area contributed by atoms with E-state index in [4.69, 9.17) is 0 Å². The first-order valence-corrected chi connectivity index (χ1v) is 6.06. The summed E-state index contributed by atoms with van der Waals surface area (Å²) in [6.07, 6.45) is 3.42. The molecule has 0 aliphatic rings. The van der Waals surface area contributed by atoms with Crippen LogP contribution in [-0.4, -0.2) is 26.5 Å². The molecule has 0 aliphatic heterocycles. The molecule has 0 spiro atoms. The molecule has 0 fully saturated rings.